The molecule has 2 rings (SSSR count). The second-order valence-corrected chi connectivity index (χ2v) is 4.48. The molecule has 7 nitrogen and oxygen atoms in total. The molecule has 1 aliphatic heterocycles. The van der Waals surface area contributed by atoms with Crippen molar-refractivity contribution in [1.82, 2.24) is 4.90 Å². The number of carbonyl (C=O) groups is 2. The Morgan fingerprint density at radius 3 is 2.84 bits per heavy atom. The molecule has 0 spiro atoms. The molecule has 1 N–H and O–H groups in total. The number of amides is 1. The van der Waals surface area contributed by atoms with Gasteiger partial charge in [0.05, 0.1) is 16.9 Å². The summed E-state index contributed by atoms with van der Waals surface area (Å²) in [6.45, 7) is 1.94. The molecule has 0 fully saturated rings. The van der Waals surface area contributed by atoms with Crippen LogP contribution in [0.25, 0.3) is 0 Å². The average Bonchev–Trinajstić information content (AvgIpc) is 2.65. The number of aliphatic carboxylic acids is 1. The molecular weight excluding hydrogens is 252 g/mol. The summed E-state index contributed by atoms with van der Waals surface area (Å²) in [4.78, 5) is 34.3. The van der Waals surface area contributed by atoms with Gasteiger partial charge < -0.3 is 10.0 Å². The van der Waals surface area contributed by atoms with Crippen LogP contribution in [0.5, 0.6) is 0 Å². The second kappa shape index (κ2) is 4.68. The lowest BCUT2D eigenvalue weighted by atomic mass is 10.1. The topological polar surface area (TPSA) is 101 Å². The van der Waals surface area contributed by atoms with Crippen molar-refractivity contribution in [2.24, 2.45) is 0 Å². The van der Waals surface area contributed by atoms with Gasteiger partial charge in [0.1, 0.15) is 0 Å². The van der Waals surface area contributed by atoms with E-state index in [1.165, 1.54) is 17.0 Å². The number of hydrogen-bond acceptors (Lipinski definition) is 4. The minimum Gasteiger partial charge on any atom is -0.481 e. The third-order valence-corrected chi connectivity index (χ3v) is 3.14. The Hall–Kier alpha value is -2.44. The number of nitro groups is 1. The Bertz CT molecular complexity index is 569. The van der Waals surface area contributed by atoms with Gasteiger partial charge in [0.2, 0.25) is 0 Å². The van der Waals surface area contributed by atoms with E-state index in [0.717, 1.165) is 0 Å². The van der Waals surface area contributed by atoms with E-state index in [1.54, 1.807) is 13.0 Å². The molecule has 0 bridgehead atoms. The second-order valence-electron chi connectivity index (χ2n) is 4.48. The smallest absolute Gasteiger partial charge is 0.305 e. The quantitative estimate of drug-likeness (QED) is 0.654. The number of rotatable bonds is 4. The number of non-ortho nitro benzene ring substituents is 1. The summed E-state index contributed by atoms with van der Waals surface area (Å²) in [5.41, 5.74) is 0.833. The highest BCUT2D eigenvalue weighted by Gasteiger charge is 2.32. The maximum atomic E-state index is 12.1. The monoisotopic (exact) mass is 264 g/mol. The van der Waals surface area contributed by atoms with Crippen LogP contribution in [0.2, 0.25) is 0 Å². The first-order valence-corrected chi connectivity index (χ1v) is 5.70. The predicted molar refractivity (Wildman–Crippen MR) is 64.7 cm³/mol. The molecule has 100 valence electrons. The fraction of sp³-hybridized carbons (Fsp3) is 0.333. The molecule has 0 radical (unpaired) electrons. The number of hydrogen-bond donors (Lipinski definition) is 1. The fourth-order valence-corrected chi connectivity index (χ4v) is 2.14. The summed E-state index contributed by atoms with van der Waals surface area (Å²) >= 11 is 0. The van der Waals surface area contributed by atoms with Gasteiger partial charge in [-0.25, -0.2) is 0 Å². The molecule has 1 heterocycles. The first-order valence-electron chi connectivity index (χ1n) is 5.70. The van der Waals surface area contributed by atoms with E-state index in [0.29, 0.717) is 12.1 Å². The Balaban J connectivity index is 2.26. The van der Waals surface area contributed by atoms with Crippen LogP contribution in [-0.4, -0.2) is 32.8 Å². The molecular formula is C12H12N2O5. The van der Waals surface area contributed by atoms with E-state index in [1.807, 2.05) is 0 Å². The number of nitrogens with zero attached hydrogens (tertiary/aromatic N) is 2. The van der Waals surface area contributed by atoms with Crippen molar-refractivity contribution in [1.29, 1.82) is 0 Å². The molecule has 0 saturated heterocycles. The summed E-state index contributed by atoms with van der Waals surface area (Å²) in [6, 6.07) is 3.68. The molecule has 0 saturated carbocycles. The van der Waals surface area contributed by atoms with Crippen LogP contribution in [0.1, 0.15) is 29.3 Å². The minimum absolute atomic E-state index is 0.139. The van der Waals surface area contributed by atoms with E-state index in [2.05, 4.69) is 0 Å². The summed E-state index contributed by atoms with van der Waals surface area (Å²) in [7, 11) is 0. The van der Waals surface area contributed by atoms with Gasteiger partial charge in [0.15, 0.2) is 0 Å². The largest absolute Gasteiger partial charge is 0.481 e. The van der Waals surface area contributed by atoms with E-state index < -0.39 is 16.9 Å². The van der Waals surface area contributed by atoms with E-state index in [-0.39, 0.29) is 23.6 Å². The third kappa shape index (κ3) is 2.40. The van der Waals surface area contributed by atoms with Gasteiger partial charge in [0, 0.05) is 24.7 Å². The van der Waals surface area contributed by atoms with Gasteiger partial charge in [-0.1, -0.05) is 0 Å². The Morgan fingerprint density at radius 1 is 1.58 bits per heavy atom. The summed E-state index contributed by atoms with van der Waals surface area (Å²) in [5, 5.41) is 19.4. The van der Waals surface area contributed by atoms with Crippen molar-refractivity contribution in [2.45, 2.75) is 25.9 Å². The van der Waals surface area contributed by atoms with E-state index >= 15 is 0 Å². The molecule has 0 aromatic heterocycles. The minimum atomic E-state index is -0.984. The summed E-state index contributed by atoms with van der Waals surface area (Å²) < 4.78 is 0. The highest BCUT2D eigenvalue weighted by Crippen LogP contribution is 2.28. The van der Waals surface area contributed by atoms with Gasteiger partial charge in [0.25, 0.3) is 11.6 Å². The van der Waals surface area contributed by atoms with Crippen LogP contribution in [0, 0.1) is 10.1 Å². The number of nitro benzene ring substituents is 1. The van der Waals surface area contributed by atoms with Gasteiger partial charge in [-0.15, -0.1) is 0 Å². The number of fused-ring (bicyclic) bond motifs is 1. The normalized spacial score (nSPS) is 15.2. The predicted octanol–water partition coefficient (Wildman–Crippen LogP) is 1.41. The van der Waals surface area contributed by atoms with Crippen LogP contribution >= 0.6 is 0 Å². The lowest BCUT2D eigenvalue weighted by Gasteiger charge is -2.22. The van der Waals surface area contributed by atoms with Crippen LogP contribution < -0.4 is 0 Å². The lowest BCUT2D eigenvalue weighted by molar-refractivity contribution is -0.384. The molecule has 7 heteroatoms. The van der Waals surface area contributed by atoms with Gasteiger partial charge >= 0.3 is 5.97 Å². The Labute approximate surface area is 108 Å². The maximum Gasteiger partial charge on any atom is 0.305 e. The zero-order chi connectivity index (χ0) is 14.2. The Morgan fingerprint density at radius 2 is 2.26 bits per heavy atom. The fourth-order valence-electron chi connectivity index (χ4n) is 2.14. The molecule has 1 atom stereocenters. The highest BCUT2D eigenvalue weighted by molar-refractivity contribution is 5.99. The lowest BCUT2D eigenvalue weighted by Crippen LogP contribution is -2.34. The van der Waals surface area contributed by atoms with Crippen molar-refractivity contribution >= 4 is 17.6 Å². The van der Waals surface area contributed by atoms with Crippen molar-refractivity contribution in [3.8, 4) is 0 Å². The number of carbonyl (C=O) groups excluding carboxylic acids is 1. The first-order chi connectivity index (χ1) is 8.90. The molecule has 1 aromatic carbocycles. The number of carboxylic acid groups (broad SMARTS) is 1. The van der Waals surface area contributed by atoms with Crippen molar-refractivity contribution in [2.75, 3.05) is 0 Å². The zero-order valence-electron chi connectivity index (χ0n) is 10.2. The molecule has 1 amide bonds. The first kappa shape index (κ1) is 13.0. The molecule has 0 aliphatic carbocycles. The SMILES string of the molecule is CC(CC(=O)O)N1Cc2ccc([N+](=O)[O-])cc2C1=O. The van der Waals surface area contributed by atoms with Crippen molar-refractivity contribution in [3.05, 3.63) is 39.4 Å². The average molecular weight is 264 g/mol. The number of benzene rings is 1. The molecule has 1 aromatic rings. The zero-order valence-corrected chi connectivity index (χ0v) is 10.2. The van der Waals surface area contributed by atoms with E-state index in [9.17, 15) is 19.7 Å². The van der Waals surface area contributed by atoms with Crippen molar-refractivity contribution < 1.29 is 19.6 Å². The standard InChI is InChI=1S/C12H12N2O5/c1-7(4-11(15)16)13-6-8-2-3-9(14(18)19)5-10(8)12(13)17/h2-3,5,7H,4,6H2,1H3,(H,15,16). The highest BCUT2D eigenvalue weighted by atomic mass is 16.6. The maximum absolute atomic E-state index is 12.1. The molecule has 1 aliphatic rings. The van der Waals surface area contributed by atoms with Crippen LogP contribution in [0.3, 0.4) is 0 Å². The third-order valence-electron chi connectivity index (χ3n) is 3.14. The van der Waals surface area contributed by atoms with Crippen LogP contribution in [-0.2, 0) is 11.3 Å². The van der Waals surface area contributed by atoms with E-state index in [4.69, 9.17) is 5.11 Å². The summed E-state index contributed by atoms with van der Waals surface area (Å²) in [5.74, 6) is -1.34. The van der Waals surface area contributed by atoms with Gasteiger partial charge in [-0.05, 0) is 18.6 Å². The van der Waals surface area contributed by atoms with Crippen molar-refractivity contribution in [3.63, 3.8) is 0 Å². The van der Waals surface area contributed by atoms with Gasteiger partial charge in [-0.3, -0.25) is 19.7 Å². The number of carboxylic acids is 1. The Kier molecular flexibility index (Phi) is 3.20. The van der Waals surface area contributed by atoms with Gasteiger partial charge in [-0.2, -0.15) is 0 Å². The van der Waals surface area contributed by atoms with Crippen LogP contribution in [0.15, 0.2) is 18.2 Å². The molecule has 1 unspecified atom stereocenters. The molecule has 19 heavy (non-hydrogen) atoms. The van der Waals surface area contributed by atoms with Crippen LogP contribution in [0.4, 0.5) is 5.69 Å². The summed E-state index contributed by atoms with van der Waals surface area (Å²) in [6.07, 6.45) is -0.151.